The standard InChI is InChI=1S/C54H55F3N8O7S2/c1-33(2)47(50(68)62-30-40(66)25-46(62)49(67)59-28-35-12-14-36(15-13-35)48-34(3)60-32-74-48)63-31-44(29-61-63)72-43-11-9-10-42(26-43)71-23-8-6-7-22-70-41-20-18-38(19-21-41)65-52(73)64(51(69)53(65,4)5)39-17-16-37(27-58)45(24-39)54(55,56)57/h9-21,24,26,29,31-33,40,46-47,66H,6-8,22-23,25,28,30H2,1-5H3,(H,59,67)/t40-,46+,47?/m1/s1. The molecular formula is C54H55F3N8O7S2. The molecule has 8 rings (SSSR count). The number of thiocarbonyl (C=S) groups is 1. The molecule has 0 aliphatic carbocycles. The number of hydrogen-bond acceptors (Lipinski definition) is 12. The molecule has 3 amide bonds. The summed E-state index contributed by atoms with van der Waals surface area (Å²) < 4.78 is 60.9. The van der Waals surface area contributed by atoms with Gasteiger partial charge in [0, 0.05) is 31.3 Å². The summed E-state index contributed by atoms with van der Waals surface area (Å²) in [6.45, 7) is 10.2. The van der Waals surface area contributed by atoms with Crippen LogP contribution in [0.4, 0.5) is 24.5 Å². The van der Waals surface area contributed by atoms with E-state index in [1.54, 1.807) is 83.4 Å². The van der Waals surface area contributed by atoms with Crippen LogP contribution in [-0.2, 0) is 27.1 Å². The number of nitriles is 1. The molecule has 2 fully saturated rings. The number of aryl methyl sites for hydroxylation is 1. The van der Waals surface area contributed by atoms with Crippen LogP contribution in [0, 0.1) is 24.2 Å². The Balaban J connectivity index is 0.780. The van der Waals surface area contributed by atoms with Crippen LogP contribution in [0.1, 0.15) is 81.8 Å². The van der Waals surface area contributed by atoms with Crippen LogP contribution in [0.3, 0.4) is 0 Å². The third kappa shape index (κ3) is 11.7. The molecule has 1 unspecified atom stereocenters. The average molecular weight is 1050 g/mol. The largest absolute Gasteiger partial charge is 0.494 e. The first-order valence-electron chi connectivity index (χ1n) is 24.1. The van der Waals surface area contributed by atoms with Gasteiger partial charge < -0.3 is 34.4 Å². The van der Waals surface area contributed by atoms with E-state index in [2.05, 4.69) is 15.4 Å². The molecule has 6 aromatic rings. The van der Waals surface area contributed by atoms with Crippen LogP contribution in [0.5, 0.6) is 23.0 Å². The number of halogens is 3. The van der Waals surface area contributed by atoms with Gasteiger partial charge in [0.05, 0.1) is 70.7 Å². The van der Waals surface area contributed by atoms with Crippen molar-refractivity contribution < 1.29 is 46.9 Å². The Morgan fingerprint density at radius 2 is 1.64 bits per heavy atom. The van der Waals surface area contributed by atoms with Crippen molar-refractivity contribution >= 4 is 57.8 Å². The van der Waals surface area contributed by atoms with Crippen molar-refractivity contribution in [3.63, 3.8) is 0 Å². The van der Waals surface area contributed by atoms with Crippen molar-refractivity contribution in [3.05, 3.63) is 131 Å². The van der Waals surface area contributed by atoms with Gasteiger partial charge >= 0.3 is 6.18 Å². The average Bonchev–Trinajstić information content (AvgIpc) is 4.16. The number of alkyl halides is 3. The smallest absolute Gasteiger partial charge is 0.417 e. The number of hydrogen-bond donors (Lipinski definition) is 2. The van der Waals surface area contributed by atoms with Gasteiger partial charge in [-0.15, -0.1) is 11.3 Å². The number of carbonyl (C=O) groups is 3. The number of likely N-dealkylation sites (tertiary alicyclic amines) is 1. The minimum Gasteiger partial charge on any atom is -0.494 e. The summed E-state index contributed by atoms with van der Waals surface area (Å²) in [5.41, 5.74) is 2.27. The van der Waals surface area contributed by atoms with Gasteiger partial charge in [-0.2, -0.15) is 23.5 Å². The summed E-state index contributed by atoms with van der Waals surface area (Å²) in [5.74, 6) is 0.710. The van der Waals surface area contributed by atoms with Gasteiger partial charge in [-0.3, -0.25) is 24.0 Å². The van der Waals surface area contributed by atoms with E-state index < -0.39 is 46.9 Å². The normalized spacial score (nSPS) is 16.9. The number of ether oxygens (including phenoxy) is 3. The Hall–Kier alpha value is -7.34. The fourth-order valence-electron chi connectivity index (χ4n) is 9.04. The zero-order chi connectivity index (χ0) is 52.9. The molecule has 3 atom stereocenters. The third-order valence-corrected chi connectivity index (χ3v) is 14.2. The number of aliphatic hydroxyl groups excluding tert-OH is 1. The van der Waals surface area contributed by atoms with Gasteiger partial charge in [0.25, 0.3) is 5.91 Å². The van der Waals surface area contributed by atoms with Gasteiger partial charge in [0.1, 0.15) is 34.9 Å². The molecule has 20 heteroatoms. The second kappa shape index (κ2) is 22.4. The summed E-state index contributed by atoms with van der Waals surface area (Å²) in [7, 11) is 0. The van der Waals surface area contributed by atoms with Crippen LogP contribution >= 0.6 is 23.6 Å². The number of unbranched alkanes of at least 4 members (excludes halogenated alkanes) is 2. The predicted molar refractivity (Wildman–Crippen MR) is 277 cm³/mol. The highest BCUT2D eigenvalue weighted by Gasteiger charge is 2.51. The Morgan fingerprint density at radius 1 is 0.946 bits per heavy atom. The summed E-state index contributed by atoms with van der Waals surface area (Å²) in [5, 5.41) is 27.3. The van der Waals surface area contributed by atoms with Crippen LogP contribution in [0.25, 0.3) is 10.4 Å². The molecule has 386 valence electrons. The summed E-state index contributed by atoms with van der Waals surface area (Å²) in [6, 6.07) is 25.1. The van der Waals surface area contributed by atoms with Crippen molar-refractivity contribution in [2.45, 2.75) is 96.7 Å². The number of nitrogens with zero attached hydrogens (tertiary/aromatic N) is 7. The zero-order valence-corrected chi connectivity index (χ0v) is 43.0. The molecule has 2 saturated heterocycles. The monoisotopic (exact) mass is 1050 g/mol. The Labute approximate surface area is 436 Å². The van der Waals surface area contributed by atoms with E-state index in [9.17, 15) is 37.9 Å². The second-order valence-electron chi connectivity index (χ2n) is 18.9. The maximum Gasteiger partial charge on any atom is 0.417 e. The fourth-order valence-corrected chi connectivity index (χ4v) is 10.4. The van der Waals surface area contributed by atoms with E-state index in [4.69, 9.17) is 26.4 Å². The highest BCUT2D eigenvalue weighted by atomic mass is 32.1. The van der Waals surface area contributed by atoms with Crippen molar-refractivity contribution in [2.24, 2.45) is 5.92 Å². The molecule has 74 heavy (non-hydrogen) atoms. The summed E-state index contributed by atoms with van der Waals surface area (Å²) in [4.78, 5) is 50.8. The minimum atomic E-state index is -4.80. The second-order valence-corrected chi connectivity index (χ2v) is 20.1. The lowest BCUT2D eigenvalue weighted by Crippen LogP contribution is -2.49. The highest BCUT2D eigenvalue weighted by Crippen LogP contribution is 2.40. The molecule has 4 aromatic carbocycles. The van der Waals surface area contributed by atoms with Crippen LogP contribution in [0.2, 0.25) is 0 Å². The van der Waals surface area contributed by atoms with E-state index in [1.807, 2.05) is 62.7 Å². The SMILES string of the molecule is Cc1ncsc1-c1ccc(CNC(=O)[C@@H]2C[C@@H](O)CN2C(=O)C(C(C)C)n2cc(Oc3cccc(OCCCCCOc4ccc(N5C(=S)N(c6ccc(C#N)c(C(F)(F)F)c6)C(=O)C5(C)C)cc4)c3)cn2)cc1. The molecule has 15 nitrogen and oxygen atoms in total. The quantitative estimate of drug-likeness (QED) is 0.0581. The van der Waals surface area contributed by atoms with E-state index in [-0.39, 0.29) is 48.0 Å². The lowest BCUT2D eigenvalue weighted by molar-refractivity contribution is -0.142. The van der Waals surface area contributed by atoms with Gasteiger partial charge in [0.2, 0.25) is 11.8 Å². The maximum absolute atomic E-state index is 14.2. The number of β-amino-alcohol motifs (C(OH)–C–C–N with tert-alkyl or cyclic N) is 1. The molecular weight excluding hydrogens is 994 g/mol. The van der Waals surface area contributed by atoms with Crippen LogP contribution < -0.4 is 29.3 Å². The molecule has 2 aromatic heterocycles. The highest BCUT2D eigenvalue weighted by molar-refractivity contribution is 7.81. The third-order valence-electron chi connectivity index (χ3n) is 12.9. The number of thiazole rings is 1. The van der Waals surface area contributed by atoms with Crippen molar-refractivity contribution in [1.82, 2.24) is 25.0 Å². The number of amides is 3. The number of carbonyl (C=O) groups excluding carboxylic acids is 3. The Morgan fingerprint density at radius 3 is 2.30 bits per heavy atom. The van der Waals surface area contributed by atoms with E-state index in [0.29, 0.717) is 41.9 Å². The first-order chi connectivity index (χ1) is 35.3. The maximum atomic E-state index is 14.2. The van der Waals surface area contributed by atoms with E-state index >= 15 is 0 Å². The zero-order valence-electron chi connectivity index (χ0n) is 41.3. The number of aromatic nitrogens is 3. The number of rotatable bonds is 19. The molecule has 2 N–H and O–H groups in total. The molecule has 0 saturated carbocycles. The molecule has 4 heterocycles. The number of nitrogens with one attached hydrogen (secondary N) is 1. The lowest BCUT2D eigenvalue weighted by Gasteiger charge is -2.30. The Kier molecular flexibility index (Phi) is 16.0. The number of anilines is 2. The summed E-state index contributed by atoms with van der Waals surface area (Å²) in [6.07, 6.45) is -0.0481. The van der Waals surface area contributed by atoms with Crippen molar-refractivity contribution in [1.29, 1.82) is 5.26 Å². The Bertz CT molecular complexity index is 3050. The van der Waals surface area contributed by atoms with Gasteiger partial charge in [0.15, 0.2) is 10.9 Å². The van der Waals surface area contributed by atoms with Crippen molar-refractivity contribution in [3.8, 4) is 39.5 Å². The van der Waals surface area contributed by atoms with Gasteiger partial charge in [-0.25, -0.2) is 4.98 Å². The molecule has 0 radical (unpaired) electrons. The fraction of sp³-hybridized carbons (Fsp3) is 0.352. The minimum absolute atomic E-state index is 0.00231. The first kappa shape index (κ1) is 53.0. The molecule has 2 aliphatic rings. The van der Waals surface area contributed by atoms with E-state index in [0.717, 1.165) is 58.0 Å². The van der Waals surface area contributed by atoms with Gasteiger partial charge in [-0.1, -0.05) is 44.2 Å². The first-order valence-corrected chi connectivity index (χ1v) is 25.4. The summed E-state index contributed by atoms with van der Waals surface area (Å²) >= 11 is 7.22. The van der Waals surface area contributed by atoms with Gasteiger partial charge in [-0.05, 0) is 124 Å². The predicted octanol–water partition coefficient (Wildman–Crippen LogP) is 10.0. The van der Waals surface area contributed by atoms with Crippen LogP contribution in [0.15, 0.2) is 109 Å². The molecule has 0 bridgehead atoms. The molecule has 2 aliphatic heterocycles. The van der Waals surface area contributed by atoms with E-state index in [1.165, 1.54) is 17.2 Å². The number of benzene rings is 4. The lowest BCUT2D eigenvalue weighted by atomic mass is 10.0. The number of aliphatic hydroxyl groups is 1. The molecule has 0 spiro atoms. The topological polar surface area (TPSA) is 175 Å². The van der Waals surface area contributed by atoms with Crippen LogP contribution in [-0.4, -0.2) is 85.0 Å². The van der Waals surface area contributed by atoms with Crippen molar-refractivity contribution in [2.75, 3.05) is 29.6 Å².